The van der Waals surface area contributed by atoms with Crippen molar-refractivity contribution >= 4 is 18.0 Å². The van der Waals surface area contributed by atoms with Gasteiger partial charge in [0, 0.05) is 0 Å². The molecule has 1 fully saturated rings. The molecule has 124 valence electrons. The van der Waals surface area contributed by atoms with Crippen LogP contribution in [0, 0.1) is 5.92 Å². The Morgan fingerprint density at radius 2 is 1.71 bits per heavy atom. The summed E-state index contributed by atoms with van der Waals surface area (Å²) in [7, 11) is 0. The molecule has 1 saturated carbocycles. The van der Waals surface area contributed by atoms with E-state index in [1.54, 1.807) is 0 Å². The van der Waals surface area contributed by atoms with Crippen LogP contribution in [0.1, 0.15) is 32.1 Å². The van der Waals surface area contributed by atoms with E-state index in [0.29, 0.717) is 25.7 Å². The summed E-state index contributed by atoms with van der Waals surface area (Å²) in [6.45, 7) is 0. The van der Waals surface area contributed by atoms with E-state index in [1.165, 1.54) is 0 Å². The van der Waals surface area contributed by atoms with Gasteiger partial charge in [-0.15, -0.1) is 0 Å². The Bertz CT molecular complexity index is 345. The van der Waals surface area contributed by atoms with E-state index >= 15 is 0 Å². The van der Waals surface area contributed by atoms with Crippen molar-refractivity contribution in [3.8, 4) is 0 Å². The van der Waals surface area contributed by atoms with Gasteiger partial charge in [-0.1, -0.05) is 19.3 Å². The van der Waals surface area contributed by atoms with Gasteiger partial charge in [0.05, 0.1) is 5.92 Å². The molecular formula is C10H12F5O5S-. The van der Waals surface area contributed by atoms with Crippen LogP contribution in [0.25, 0.3) is 0 Å². The van der Waals surface area contributed by atoms with Crippen LogP contribution < -0.4 is 5.26 Å². The molecule has 1 aliphatic rings. The van der Waals surface area contributed by atoms with E-state index in [9.17, 15) is 32.0 Å². The molecule has 11 heteroatoms. The summed E-state index contributed by atoms with van der Waals surface area (Å²) >= 11 is -1.16. The zero-order valence-electron chi connectivity index (χ0n) is 10.5. The first-order chi connectivity index (χ1) is 9.68. The summed E-state index contributed by atoms with van der Waals surface area (Å²) < 4.78 is 71.7. The summed E-state index contributed by atoms with van der Waals surface area (Å²) in [6, 6.07) is 0. The van der Waals surface area contributed by atoms with E-state index in [0.717, 1.165) is 6.42 Å². The van der Waals surface area contributed by atoms with Gasteiger partial charge >= 0.3 is 17.4 Å². The molecule has 21 heavy (non-hydrogen) atoms. The lowest BCUT2D eigenvalue weighted by atomic mass is 9.89. The second-order valence-corrected chi connectivity index (χ2v) is 5.32. The molecule has 1 unspecified atom stereocenters. The standard InChI is InChI=1S/C10H13F5O5S/c11-9(12,13)8(10(14,15)21-20-19-17)18-7(16)6-4-2-1-3-5-6/h6,8,17H,1-5H2/p-1. The number of rotatable bonds is 6. The Labute approximate surface area is 120 Å². The summed E-state index contributed by atoms with van der Waals surface area (Å²) in [5, 5.41) is 7.32. The van der Waals surface area contributed by atoms with Crippen LogP contribution in [0.5, 0.6) is 0 Å². The third-order valence-electron chi connectivity index (χ3n) is 2.95. The van der Waals surface area contributed by atoms with Crippen LogP contribution in [0.15, 0.2) is 0 Å². The third-order valence-corrected chi connectivity index (χ3v) is 3.51. The van der Waals surface area contributed by atoms with Crippen molar-refractivity contribution in [1.29, 1.82) is 0 Å². The average Bonchev–Trinajstić information content (AvgIpc) is 2.42. The van der Waals surface area contributed by atoms with Crippen molar-refractivity contribution in [3.63, 3.8) is 0 Å². The maximum absolute atomic E-state index is 13.3. The van der Waals surface area contributed by atoms with Gasteiger partial charge in [0.25, 0.3) is 6.10 Å². The first-order valence-electron chi connectivity index (χ1n) is 5.98. The normalized spacial score (nSPS) is 19.3. The smallest absolute Gasteiger partial charge is 0.432 e. The summed E-state index contributed by atoms with van der Waals surface area (Å²) in [4.78, 5) is 11.6. The molecule has 1 aliphatic carbocycles. The van der Waals surface area contributed by atoms with Crippen LogP contribution in [0.2, 0.25) is 0 Å². The summed E-state index contributed by atoms with van der Waals surface area (Å²) in [5.41, 5.74) is 0. The summed E-state index contributed by atoms with van der Waals surface area (Å²) in [6.07, 6.45) is -6.59. The minimum atomic E-state index is -5.52. The highest BCUT2D eigenvalue weighted by atomic mass is 32.2. The first kappa shape index (κ1) is 18.4. The summed E-state index contributed by atoms with van der Waals surface area (Å²) in [5.74, 6) is -2.17. The van der Waals surface area contributed by atoms with Crippen molar-refractivity contribution in [2.75, 3.05) is 0 Å². The maximum atomic E-state index is 13.3. The lowest BCUT2D eigenvalue weighted by Crippen LogP contribution is -2.47. The molecule has 1 rings (SSSR count). The average molecular weight is 339 g/mol. The van der Waals surface area contributed by atoms with Crippen molar-refractivity contribution in [2.24, 2.45) is 5.92 Å². The van der Waals surface area contributed by atoms with Gasteiger partial charge in [0.15, 0.2) is 0 Å². The first-order valence-corrected chi connectivity index (χ1v) is 6.72. The van der Waals surface area contributed by atoms with E-state index < -0.39 is 41.5 Å². The predicted octanol–water partition coefficient (Wildman–Crippen LogP) is 2.51. The van der Waals surface area contributed by atoms with Crippen molar-refractivity contribution < 1.29 is 46.1 Å². The van der Waals surface area contributed by atoms with Gasteiger partial charge in [-0.2, -0.15) is 26.3 Å². The molecule has 5 nitrogen and oxygen atoms in total. The van der Waals surface area contributed by atoms with Gasteiger partial charge in [-0.3, -0.25) is 9.83 Å². The molecule has 0 aliphatic heterocycles. The van der Waals surface area contributed by atoms with Crippen LogP contribution >= 0.6 is 12.0 Å². The number of alkyl halides is 5. The molecular weight excluding hydrogens is 327 g/mol. The van der Waals surface area contributed by atoms with Gasteiger partial charge in [0.1, 0.15) is 12.0 Å². The predicted molar refractivity (Wildman–Crippen MR) is 57.2 cm³/mol. The van der Waals surface area contributed by atoms with Crippen LogP contribution in [0.4, 0.5) is 22.0 Å². The Kier molecular flexibility index (Phi) is 6.63. The molecule has 0 saturated heterocycles. The number of halogens is 5. The Hall–Kier alpha value is -0.650. The molecule has 0 aromatic heterocycles. The highest BCUT2D eigenvalue weighted by molar-refractivity contribution is 7.95. The number of carbonyl (C=O) groups excluding carboxylic acids is 1. The Balaban J connectivity index is 2.76. The number of hydrogen-bond acceptors (Lipinski definition) is 6. The highest BCUT2D eigenvalue weighted by Crippen LogP contribution is 2.43. The molecule has 0 radical (unpaired) electrons. The van der Waals surface area contributed by atoms with E-state index in [2.05, 4.69) is 14.1 Å². The zero-order valence-corrected chi connectivity index (χ0v) is 11.3. The lowest BCUT2D eigenvalue weighted by molar-refractivity contribution is -0.777. The number of ether oxygens (including phenoxy) is 1. The largest absolute Gasteiger partial charge is 0.691 e. The monoisotopic (exact) mass is 339 g/mol. The number of esters is 1. The topological polar surface area (TPSA) is 67.8 Å². The fourth-order valence-corrected chi connectivity index (χ4v) is 2.37. The minimum Gasteiger partial charge on any atom is -0.691 e. The molecule has 0 aromatic carbocycles. The number of hydrogen-bond donors (Lipinski definition) is 0. The molecule has 0 amide bonds. The van der Waals surface area contributed by atoms with Crippen LogP contribution in [-0.4, -0.2) is 23.5 Å². The van der Waals surface area contributed by atoms with E-state index in [1.807, 2.05) is 0 Å². The molecule has 1 atom stereocenters. The minimum absolute atomic E-state index is 0.294. The Morgan fingerprint density at radius 3 is 2.19 bits per heavy atom. The fraction of sp³-hybridized carbons (Fsp3) is 0.900. The third kappa shape index (κ3) is 5.57. The van der Waals surface area contributed by atoms with Gasteiger partial charge in [-0.05, 0) is 12.8 Å². The molecule has 0 heterocycles. The van der Waals surface area contributed by atoms with Gasteiger partial charge < -0.3 is 9.99 Å². The SMILES string of the molecule is O=C(OC(C(F)(F)F)C(F)(F)SOO[O-])C1CCCCC1. The van der Waals surface area contributed by atoms with Crippen LogP contribution in [0.3, 0.4) is 0 Å². The maximum Gasteiger partial charge on any atom is 0.432 e. The number of carbonyl (C=O) groups is 1. The van der Waals surface area contributed by atoms with Gasteiger partial charge in [-0.25, -0.2) is 0 Å². The molecule has 0 aromatic rings. The molecule has 0 spiro atoms. The molecule has 0 bridgehead atoms. The van der Waals surface area contributed by atoms with Gasteiger partial charge in [0.2, 0.25) is 0 Å². The quantitative estimate of drug-likeness (QED) is 0.244. The second-order valence-electron chi connectivity index (χ2n) is 4.47. The molecule has 0 N–H and O–H groups in total. The lowest BCUT2D eigenvalue weighted by Gasteiger charge is -2.29. The van der Waals surface area contributed by atoms with Crippen molar-refractivity contribution in [1.82, 2.24) is 0 Å². The van der Waals surface area contributed by atoms with Crippen molar-refractivity contribution in [2.45, 2.75) is 49.6 Å². The fourth-order valence-electron chi connectivity index (χ4n) is 1.98. The zero-order chi connectivity index (χ0) is 16.1. The second kappa shape index (κ2) is 7.56. The Morgan fingerprint density at radius 1 is 1.14 bits per heavy atom. The van der Waals surface area contributed by atoms with Crippen molar-refractivity contribution in [3.05, 3.63) is 0 Å². The van der Waals surface area contributed by atoms with Crippen LogP contribution in [-0.2, 0) is 18.9 Å². The highest BCUT2D eigenvalue weighted by Gasteiger charge is 2.60. The van der Waals surface area contributed by atoms with E-state index in [4.69, 9.17) is 0 Å². The van der Waals surface area contributed by atoms with E-state index in [-0.39, 0.29) is 0 Å².